The van der Waals surface area contributed by atoms with Crippen molar-refractivity contribution in [3.63, 3.8) is 0 Å². The molecule has 3 unspecified atom stereocenters. The van der Waals surface area contributed by atoms with Crippen LogP contribution in [-0.4, -0.2) is 15.4 Å². The van der Waals surface area contributed by atoms with Gasteiger partial charge in [0.15, 0.2) is 0 Å². The van der Waals surface area contributed by atoms with Crippen molar-refractivity contribution in [2.45, 2.75) is 50.9 Å². The molecule has 0 saturated heterocycles. The zero-order valence-corrected chi connectivity index (χ0v) is 14.1. The van der Waals surface area contributed by atoms with Gasteiger partial charge in [0.1, 0.15) is 16.6 Å². The van der Waals surface area contributed by atoms with Crippen LogP contribution in [0.2, 0.25) is 0 Å². The SMILES string of the molecule is C=CCCCC(C(C)Oc1ccccc1)C(C)(C)[S+](N)[O-]. The lowest BCUT2D eigenvalue weighted by Gasteiger charge is -2.36. The summed E-state index contributed by atoms with van der Waals surface area (Å²) < 4.78 is 17.4. The Balaban J connectivity index is 2.81. The predicted molar refractivity (Wildman–Crippen MR) is 90.5 cm³/mol. The number of hydrogen-bond donors (Lipinski definition) is 1. The lowest BCUT2D eigenvalue weighted by Crippen LogP contribution is -2.49. The van der Waals surface area contributed by atoms with Gasteiger partial charge in [-0.1, -0.05) is 24.3 Å². The van der Waals surface area contributed by atoms with Gasteiger partial charge in [-0.2, -0.15) is 5.14 Å². The Morgan fingerprint density at radius 3 is 2.52 bits per heavy atom. The Morgan fingerprint density at radius 1 is 1.38 bits per heavy atom. The molecule has 0 radical (unpaired) electrons. The summed E-state index contributed by atoms with van der Waals surface area (Å²) >= 11 is -1.40. The molecular weight excluding hydrogens is 282 g/mol. The Morgan fingerprint density at radius 2 is 2.00 bits per heavy atom. The molecule has 1 rings (SSSR count). The van der Waals surface area contributed by atoms with Crippen molar-refractivity contribution < 1.29 is 9.29 Å². The molecule has 0 heterocycles. The highest BCUT2D eigenvalue weighted by atomic mass is 32.2. The van der Waals surface area contributed by atoms with Gasteiger partial charge in [-0.15, -0.1) is 6.58 Å². The van der Waals surface area contributed by atoms with E-state index in [0.29, 0.717) is 0 Å². The zero-order valence-electron chi connectivity index (χ0n) is 13.2. The molecule has 0 aliphatic carbocycles. The van der Waals surface area contributed by atoms with E-state index >= 15 is 0 Å². The first kappa shape index (κ1) is 18.1. The topological polar surface area (TPSA) is 58.3 Å². The number of para-hydroxylation sites is 1. The van der Waals surface area contributed by atoms with E-state index in [0.717, 1.165) is 25.0 Å². The quantitative estimate of drug-likeness (QED) is 0.428. The molecular formula is C17H27NO2S. The predicted octanol–water partition coefficient (Wildman–Crippen LogP) is 3.83. The minimum absolute atomic E-state index is 0.0558. The van der Waals surface area contributed by atoms with Gasteiger partial charge in [-0.05, 0) is 52.2 Å². The van der Waals surface area contributed by atoms with Crippen LogP contribution < -0.4 is 9.88 Å². The van der Waals surface area contributed by atoms with Crippen LogP contribution in [0.25, 0.3) is 0 Å². The van der Waals surface area contributed by atoms with Crippen LogP contribution in [0.3, 0.4) is 0 Å². The number of rotatable bonds is 9. The lowest BCUT2D eigenvalue weighted by atomic mass is 9.85. The van der Waals surface area contributed by atoms with E-state index in [-0.39, 0.29) is 12.0 Å². The molecule has 0 bridgehead atoms. The molecule has 0 amide bonds. The molecule has 118 valence electrons. The van der Waals surface area contributed by atoms with Gasteiger partial charge in [-0.3, -0.25) is 0 Å². The first-order valence-electron chi connectivity index (χ1n) is 7.38. The van der Waals surface area contributed by atoms with Crippen LogP contribution in [0, 0.1) is 5.92 Å². The number of nitrogens with two attached hydrogens (primary N) is 1. The van der Waals surface area contributed by atoms with Crippen molar-refractivity contribution in [2.24, 2.45) is 11.1 Å². The van der Waals surface area contributed by atoms with E-state index in [1.165, 1.54) is 0 Å². The Bertz CT molecular complexity index is 420. The van der Waals surface area contributed by atoms with Gasteiger partial charge < -0.3 is 9.29 Å². The minimum Gasteiger partial charge on any atom is -0.598 e. The fourth-order valence-corrected chi connectivity index (χ4v) is 3.18. The summed E-state index contributed by atoms with van der Waals surface area (Å²) in [7, 11) is 0. The van der Waals surface area contributed by atoms with Crippen LogP contribution in [0.1, 0.15) is 40.0 Å². The number of hydrogen-bond acceptors (Lipinski definition) is 3. The lowest BCUT2D eigenvalue weighted by molar-refractivity contribution is 0.120. The highest BCUT2D eigenvalue weighted by Gasteiger charge is 2.43. The molecule has 3 nitrogen and oxygen atoms in total. The average molecular weight is 309 g/mol. The van der Waals surface area contributed by atoms with Crippen molar-refractivity contribution in [3.8, 4) is 5.75 Å². The van der Waals surface area contributed by atoms with Crippen LogP contribution >= 0.6 is 0 Å². The molecule has 1 aromatic carbocycles. The van der Waals surface area contributed by atoms with E-state index in [1.54, 1.807) is 0 Å². The molecule has 0 spiro atoms. The minimum atomic E-state index is -1.40. The van der Waals surface area contributed by atoms with Gasteiger partial charge in [0.2, 0.25) is 0 Å². The summed E-state index contributed by atoms with van der Waals surface area (Å²) in [6, 6.07) is 9.72. The Labute approximate surface area is 131 Å². The zero-order chi connectivity index (χ0) is 15.9. The van der Waals surface area contributed by atoms with Crippen molar-refractivity contribution in [3.05, 3.63) is 43.0 Å². The second kappa shape index (κ2) is 8.47. The van der Waals surface area contributed by atoms with Crippen molar-refractivity contribution in [2.75, 3.05) is 0 Å². The first-order valence-corrected chi connectivity index (χ1v) is 8.59. The standard InChI is InChI=1S/C17H27NO2S/c1-5-6-8-13-16(17(3,4)21(18)19)14(2)20-15-11-9-7-10-12-15/h5,7,9-12,14,16H,1,6,8,13,18H2,2-4H3. The highest BCUT2D eigenvalue weighted by Crippen LogP contribution is 2.33. The summed E-state index contributed by atoms with van der Waals surface area (Å²) in [6.07, 6.45) is 4.71. The first-order chi connectivity index (χ1) is 9.89. The maximum atomic E-state index is 11.9. The Kier molecular flexibility index (Phi) is 7.29. The fraction of sp³-hybridized carbons (Fsp3) is 0.529. The number of allylic oxidation sites excluding steroid dienone is 1. The summed E-state index contributed by atoms with van der Waals surface area (Å²) in [5.41, 5.74) is 0. The normalized spacial score (nSPS) is 16.0. The van der Waals surface area contributed by atoms with Gasteiger partial charge in [0.25, 0.3) is 0 Å². The van der Waals surface area contributed by atoms with E-state index < -0.39 is 16.1 Å². The van der Waals surface area contributed by atoms with Crippen molar-refractivity contribution in [1.29, 1.82) is 0 Å². The van der Waals surface area contributed by atoms with Crippen molar-refractivity contribution >= 4 is 11.4 Å². The molecule has 0 saturated carbocycles. The third kappa shape index (κ3) is 5.38. The summed E-state index contributed by atoms with van der Waals surface area (Å²) in [6.45, 7) is 9.68. The van der Waals surface area contributed by atoms with Crippen LogP contribution in [0.15, 0.2) is 43.0 Å². The molecule has 0 aromatic heterocycles. The Hall–Kier alpha value is -0.970. The van der Waals surface area contributed by atoms with E-state index in [9.17, 15) is 4.55 Å². The van der Waals surface area contributed by atoms with E-state index in [4.69, 9.17) is 9.88 Å². The number of ether oxygens (including phenoxy) is 1. The molecule has 4 heteroatoms. The molecule has 0 aliphatic rings. The molecule has 21 heavy (non-hydrogen) atoms. The van der Waals surface area contributed by atoms with Gasteiger partial charge in [0.05, 0.1) is 0 Å². The molecule has 0 aliphatic heterocycles. The second-order valence-electron chi connectivity index (χ2n) is 5.86. The van der Waals surface area contributed by atoms with E-state index in [1.807, 2.05) is 57.2 Å². The monoisotopic (exact) mass is 309 g/mol. The highest BCUT2D eigenvalue weighted by molar-refractivity contribution is 7.90. The third-order valence-corrected chi connectivity index (χ3v) is 5.31. The third-order valence-electron chi connectivity index (χ3n) is 3.97. The molecule has 3 atom stereocenters. The van der Waals surface area contributed by atoms with Crippen molar-refractivity contribution in [1.82, 2.24) is 0 Å². The fourth-order valence-electron chi connectivity index (χ4n) is 2.57. The molecule has 0 fully saturated rings. The largest absolute Gasteiger partial charge is 0.598 e. The van der Waals surface area contributed by atoms with Crippen LogP contribution in [0.4, 0.5) is 0 Å². The smallest absolute Gasteiger partial charge is 0.145 e. The second-order valence-corrected chi connectivity index (χ2v) is 7.51. The summed E-state index contributed by atoms with van der Waals surface area (Å²) in [5, 5.41) is 5.70. The van der Waals surface area contributed by atoms with Crippen LogP contribution in [0.5, 0.6) is 5.75 Å². The van der Waals surface area contributed by atoms with Gasteiger partial charge in [-0.25, -0.2) is 0 Å². The van der Waals surface area contributed by atoms with Crippen LogP contribution in [-0.2, 0) is 11.4 Å². The summed E-state index contributed by atoms with van der Waals surface area (Å²) in [5.74, 6) is 0.945. The van der Waals surface area contributed by atoms with Gasteiger partial charge in [0, 0.05) is 17.3 Å². The average Bonchev–Trinajstić information content (AvgIpc) is 2.44. The van der Waals surface area contributed by atoms with E-state index in [2.05, 4.69) is 6.58 Å². The summed E-state index contributed by atoms with van der Waals surface area (Å²) in [4.78, 5) is 0. The molecule has 2 N–H and O–H groups in total. The van der Waals surface area contributed by atoms with Gasteiger partial charge >= 0.3 is 0 Å². The molecule has 1 aromatic rings. The number of unbranched alkanes of at least 4 members (excludes halogenated alkanes) is 1. The maximum absolute atomic E-state index is 11.9. The maximum Gasteiger partial charge on any atom is 0.145 e. The number of benzene rings is 1.